The van der Waals surface area contributed by atoms with Crippen LogP contribution in [0.4, 0.5) is 0 Å². The molecule has 0 saturated heterocycles. The Morgan fingerprint density at radius 2 is 1.73 bits per heavy atom. The molecule has 0 spiro atoms. The van der Waals surface area contributed by atoms with E-state index >= 15 is 0 Å². The van der Waals surface area contributed by atoms with Crippen molar-refractivity contribution in [1.82, 2.24) is 0 Å². The Morgan fingerprint density at radius 1 is 1.07 bits per heavy atom. The van der Waals surface area contributed by atoms with E-state index in [0.29, 0.717) is 5.75 Å². The van der Waals surface area contributed by atoms with E-state index in [1.165, 1.54) is 11.1 Å². The molecule has 1 aromatic heterocycles. The van der Waals surface area contributed by atoms with Crippen molar-refractivity contribution in [3.8, 4) is 16.9 Å². The first-order valence-corrected chi connectivity index (χ1v) is 4.92. The van der Waals surface area contributed by atoms with Crippen molar-refractivity contribution in [2.75, 3.05) is 0 Å². The quantitative estimate of drug-likeness (QED) is 0.701. The minimum Gasteiger partial charge on any atom is -0.508 e. The normalized spacial score (nSPS) is 10.3. The fourth-order valence-corrected chi connectivity index (χ4v) is 1.71. The van der Waals surface area contributed by atoms with Crippen LogP contribution in [0.1, 0.15) is 5.56 Å². The fraction of sp³-hybridized carbons (Fsp3) is 0.154. The summed E-state index contributed by atoms with van der Waals surface area (Å²) < 4.78 is 2.03. The average molecular weight is 200 g/mol. The lowest BCUT2D eigenvalue weighted by Gasteiger charge is -2.04. The van der Waals surface area contributed by atoms with E-state index in [1.54, 1.807) is 12.1 Å². The van der Waals surface area contributed by atoms with Gasteiger partial charge in [-0.1, -0.05) is 12.1 Å². The largest absolute Gasteiger partial charge is 0.508 e. The smallest absolute Gasteiger partial charge is 0.172 e. The minimum atomic E-state index is 0.304. The van der Waals surface area contributed by atoms with Gasteiger partial charge in [-0.2, -0.15) is 0 Å². The summed E-state index contributed by atoms with van der Waals surface area (Å²) in [6.45, 7) is 2.09. The topological polar surface area (TPSA) is 24.1 Å². The average Bonchev–Trinajstić information content (AvgIpc) is 2.20. The van der Waals surface area contributed by atoms with Gasteiger partial charge in [0.1, 0.15) is 12.8 Å². The summed E-state index contributed by atoms with van der Waals surface area (Å²) in [7, 11) is 2.01. The van der Waals surface area contributed by atoms with Gasteiger partial charge in [-0.05, 0) is 30.2 Å². The summed E-state index contributed by atoms with van der Waals surface area (Å²) in [5.74, 6) is 0.304. The van der Waals surface area contributed by atoms with E-state index in [1.807, 2.05) is 29.9 Å². The van der Waals surface area contributed by atoms with Crippen LogP contribution in [0.3, 0.4) is 0 Å². The van der Waals surface area contributed by atoms with Crippen LogP contribution < -0.4 is 4.57 Å². The number of phenolic OH excluding ortho intramolecular Hbond substituents is 1. The Bertz CT molecular complexity index is 474. The van der Waals surface area contributed by atoms with Gasteiger partial charge in [0.2, 0.25) is 0 Å². The van der Waals surface area contributed by atoms with E-state index in [0.717, 1.165) is 5.56 Å². The highest BCUT2D eigenvalue weighted by molar-refractivity contribution is 5.66. The van der Waals surface area contributed by atoms with Crippen LogP contribution in [0, 0.1) is 6.92 Å². The van der Waals surface area contributed by atoms with Crippen LogP contribution in [-0.2, 0) is 7.05 Å². The second-order valence-electron chi connectivity index (χ2n) is 3.75. The first-order chi connectivity index (χ1) is 7.16. The third kappa shape index (κ3) is 1.99. The number of hydrogen-bond donors (Lipinski definition) is 1. The van der Waals surface area contributed by atoms with Gasteiger partial charge in [0.05, 0.1) is 0 Å². The van der Waals surface area contributed by atoms with E-state index in [-0.39, 0.29) is 0 Å². The number of aromatic nitrogens is 1. The third-order valence-corrected chi connectivity index (χ3v) is 2.48. The fourth-order valence-electron chi connectivity index (χ4n) is 1.71. The molecular formula is C13H14NO+. The molecule has 0 atom stereocenters. The highest BCUT2D eigenvalue weighted by Gasteiger charge is 2.04. The minimum absolute atomic E-state index is 0.304. The number of rotatable bonds is 1. The highest BCUT2D eigenvalue weighted by Crippen LogP contribution is 2.23. The Morgan fingerprint density at radius 3 is 2.33 bits per heavy atom. The summed E-state index contributed by atoms with van der Waals surface area (Å²) in [6, 6.07) is 9.36. The Kier molecular flexibility index (Phi) is 2.42. The predicted molar refractivity (Wildman–Crippen MR) is 59.5 cm³/mol. The molecule has 2 nitrogen and oxygen atoms in total. The number of hydrogen-bond acceptors (Lipinski definition) is 1. The van der Waals surface area contributed by atoms with E-state index in [9.17, 15) is 5.11 Å². The molecule has 0 aliphatic carbocycles. The first-order valence-electron chi connectivity index (χ1n) is 4.92. The van der Waals surface area contributed by atoms with Crippen molar-refractivity contribution in [3.05, 3.63) is 48.3 Å². The molecule has 15 heavy (non-hydrogen) atoms. The van der Waals surface area contributed by atoms with Gasteiger partial charge in [-0.3, -0.25) is 0 Å². The van der Waals surface area contributed by atoms with Crippen LogP contribution in [0.25, 0.3) is 11.1 Å². The maximum absolute atomic E-state index is 9.21. The standard InChI is InChI=1S/C13H13NO/c1-10-9-14(2)8-7-13(10)11-3-5-12(15)6-4-11/h3-9H,1-2H3/p+1. The number of aromatic hydroxyl groups is 1. The summed E-state index contributed by atoms with van der Waals surface area (Å²) in [5, 5.41) is 9.21. The summed E-state index contributed by atoms with van der Waals surface area (Å²) in [4.78, 5) is 0. The lowest BCUT2D eigenvalue weighted by Crippen LogP contribution is -2.26. The summed E-state index contributed by atoms with van der Waals surface area (Å²) in [6.07, 6.45) is 4.11. The molecule has 1 aromatic carbocycles. The molecule has 0 radical (unpaired) electrons. The van der Waals surface area contributed by atoms with Crippen LogP contribution >= 0.6 is 0 Å². The molecule has 2 rings (SSSR count). The maximum atomic E-state index is 9.21. The second-order valence-corrected chi connectivity index (χ2v) is 3.75. The molecule has 2 heteroatoms. The molecule has 1 N–H and O–H groups in total. The molecule has 0 saturated carbocycles. The van der Waals surface area contributed by atoms with Gasteiger partial charge in [0, 0.05) is 11.6 Å². The number of pyridine rings is 1. The lowest BCUT2D eigenvalue weighted by atomic mass is 10.0. The second kappa shape index (κ2) is 3.73. The van der Waals surface area contributed by atoms with Crippen LogP contribution in [0.2, 0.25) is 0 Å². The highest BCUT2D eigenvalue weighted by atomic mass is 16.3. The molecule has 0 fully saturated rings. The van der Waals surface area contributed by atoms with Crippen molar-refractivity contribution in [3.63, 3.8) is 0 Å². The molecule has 0 unspecified atom stereocenters. The van der Waals surface area contributed by atoms with E-state index in [4.69, 9.17) is 0 Å². The van der Waals surface area contributed by atoms with Gasteiger partial charge in [0.25, 0.3) is 0 Å². The SMILES string of the molecule is Cc1c[n+](C)ccc1-c1ccc(O)cc1. The van der Waals surface area contributed by atoms with Crippen molar-refractivity contribution in [2.24, 2.45) is 7.05 Å². The van der Waals surface area contributed by atoms with Crippen LogP contribution in [0.5, 0.6) is 5.75 Å². The molecule has 1 heterocycles. The Hall–Kier alpha value is -1.83. The number of nitrogens with zero attached hydrogens (tertiary/aromatic N) is 1. The van der Waals surface area contributed by atoms with E-state index < -0.39 is 0 Å². The maximum Gasteiger partial charge on any atom is 0.172 e. The summed E-state index contributed by atoms with van der Waals surface area (Å²) in [5.41, 5.74) is 3.56. The van der Waals surface area contributed by atoms with Gasteiger partial charge in [-0.15, -0.1) is 0 Å². The zero-order chi connectivity index (χ0) is 10.8. The van der Waals surface area contributed by atoms with Crippen molar-refractivity contribution >= 4 is 0 Å². The molecule has 0 aliphatic rings. The Balaban J connectivity index is 2.49. The van der Waals surface area contributed by atoms with Gasteiger partial charge in [0.15, 0.2) is 12.4 Å². The monoisotopic (exact) mass is 200 g/mol. The molecule has 0 amide bonds. The molecular weight excluding hydrogens is 186 g/mol. The molecule has 0 bridgehead atoms. The summed E-state index contributed by atoms with van der Waals surface area (Å²) >= 11 is 0. The van der Waals surface area contributed by atoms with Crippen LogP contribution in [0.15, 0.2) is 42.7 Å². The number of aryl methyl sites for hydroxylation is 2. The predicted octanol–water partition coefficient (Wildman–Crippen LogP) is 2.19. The van der Waals surface area contributed by atoms with Gasteiger partial charge in [-0.25, -0.2) is 4.57 Å². The zero-order valence-electron chi connectivity index (χ0n) is 8.94. The lowest BCUT2D eigenvalue weighted by molar-refractivity contribution is -0.671. The van der Waals surface area contributed by atoms with E-state index in [2.05, 4.69) is 19.2 Å². The van der Waals surface area contributed by atoms with Crippen molar-refractivity contribution in [1.29, 1.82) is 0 Å². The zero-order valence-corrected chi connectivity index (χ0v) is 8.94. The van der Waals surface area contributed by atoms with Gasteiger partial charge < -0.3 is 5.11 Å². The van der Waals surface area contributed by atoms with Gasteiger partial charge >= 0.3 is 0 Å². The number of benzene rings is 1. The Labute approximate surface area is 89.4 Å². The number of phenols is 1. The van der Waals surface area contributed by atoms with Crippen molar-refractivity contribution < 1.29 is 9.67 Å². The molecule has 2 aromatic rings. The van der Waals surface area contributed by atoms with Crippen LogP contribution in [-0.4, -0.2) is 5.11 Å². The third-order valence-electron chi connectivity index (χ3n) is 2.48. The molecule has 0 aliphatic heterocycles. The van der Waals surface area contributed by atoms with Crippen molar-refractivity contribution in [2.45, 2.75) is 6.92 Å². The first kappa shape index (κ1) is 9.71. The molecule has 76 valence electrons.